The Morgan fingerprint density at radius 3 is 2.48 bits per heavy atom. The smallest absolute Gasteiger partial charge is 0.243 e. The third-order valence-electron chi connectivity index (χ3n) is 5.04. The van der Waals surface area contributed by atoms with Gasteiger partial charge in [-0.05, 0) is 42.5 Å². The number of nitrogens with one attached hydrogen (secondary N) is 1. The zero-order valence-electron chi connectivity index (χ0n) is 18.7. The van der Waals surface area contributed by atoms with Crippen molar-refractivity contribution in [1.82, 2.24) is 9.29 Å². The Balaban J connectivity index is 1.69. The first-order chi connectivity index (χ1) is 15.8. The van der Waals surface area contributed by atoms with Gasteiger partial charge >= 0.3 is 0 Å². The van der Waals surface area contributed by atoms with E-state index in [0.29, 0.717) is 35.5 Å². The van der Waals surface area contributed by atoms with E-state index in [9.17, 15) is 13.2 Å². The number of methoxy groups -OCH3 is 1. The van der Waals surface area contributed by atoms with Crippen LogP contribution in [0.25, 0.3) is 11.3 Å². The molecule has 1 N–H and O–H groups in total. The molecule has 0 aliphatic heterocycles. The molecule has 3 aromatic rings. The van der Waals surface area contributed by atoms with Crippen molar-refractivity contribution in [1.29, 1.82) is 0 Å². The van der Waals surface area contributed by atoms with Crippen LogP contribution in [0.1, 0.15) is 26.2 Å². The first kappa shape index (κ1) is 24.8. The predicted octanol–water partition coefficient (Wildman–Crippen LogP) is 4.61. The SMILES string of the molecule is CCN(CC)S(=O)(=O)c1ccc(OC)c(NC(=O)CCc2ncc(-c3ccc(Cl)cc3)o2)c1. The highest BCUT2D eigenvalue weighted by atomic mass is 35.5. The maximum absolute atomic E-state index is 12.8. The van der Waals surface area contributed by atoms with Crippen molar-refractivity contribution >= 4 is 33.2 Å². The van der Waals surface area contributed by atoms with Crippen LogP contribution in [0.3, 0.4) is 0 Å². The Bertz CT molecular complexity index is 1210. The van der Waals surface area contributed by atoms with Crippen LogP contribution < -0.4 is 10.1 Å². The quantitative estimate of drug-likeness (QED) is 0.444. The molecule has 0 saturated heterocycles. The summed E-state index contributed by atoms with van der Waals surface area (Å²) in [5.41, 5.74) is 1.11. The van der Waals surface area contributed by atoms with Crippen LogP contribution in [0.5, 0.6) is 5.75 Å². The van der Waals surface area contributed by atoms with Gasteiger partial charge < -0.3 is 14.5 Å². The number of rotatable bonds is 10. The van der Waals surface area contributed by atoms with E-state index in [0.717, 1.165) is 5.56 Å². The predicted molar refractivity (Wildman–Crippen MR) is 127 cm³/mol. The van der Waals surface area contributed by atoms with Crippen molar-refractivity contribution in [3.05, 3.63) is 59.6 Å². The summed E-state index contributed by atoms with van der Waals surface area (Å²) in [5.74, 6) is 1.04. The lowest BCUT2D eigenvalue weighted by molar-refractivity contribution is -0.116. The standard InChI is InChI=1S/C23H26ClN3O5S/c1-4-27(5-2)33(29,30)18-10-11-20(31-3)19(14-18)26-22(28)12-13-23-25-15-21(32-23)16-6-8-17(24)9-7-16/h6-11,14-15H,4-5,12-13H2,1-3H3,(H,26,28). The highest BCUT2D eigenvalue weighted by Gasteiger charge is 2.23. The largest absolute Gasteiger partial charge is 0.495 e. The van der Waals surface area contributed by atoms with Gasteiger partial charge in [0.25, 0.3) is 0 Å². The second-order valence-corrected chi connectivity index (χ2v) is 9.50. The van der Waals surface area contributed by atoms with Crippen molar-refractivity contribution in [2.24, 2.45) is 0 Å². The lowest BCUT2D eigenvalue weighted by atomic mass is 10.2. The number of hydrogen-bond donors (Lipinski definition) is 1. The summed E-state index contributed by atoms with van der Waals surface area (Å²) in [5, 5.41) is 3.36. The molecule has 1 aromatic heterocycles. The maximum Gasteiger partial charge on any atom is 0.243 e. The summed E-state index contributed by atoms with van der Waals surface area (Å²) >= 11 is 5.91. The summed E-state index contributed by atoms with van der Waals surface area (Å²) in [7, 11) is -2.22. The van der Waals surface area contributed by atoms with E-state index in [2.05, 4.69) is 10.3 Å². The molecule has 0 aliphatic carbocycles. The van der Waals surface area contributed by atoms with Crippen molar-refractivity contribution in [3.63, 3.8) is 0 Å². The molecule has 1 heterocycles. The van der Waals surface area contributed by atoms with E-state index in [1.807, 2.05) is 12.1 Å². The lowest BCUT2D eigenvalue weighted by Crippen LogP contribution is -2.30. The molecule has 0 unspecified atom stereocenters. The first-order valence-electron chi connectivity index (χ1n) is 10.5. The number of ether oxygens (including phenoxy) is 1. The molecule has 10 heteroatoms. The van der Waals surface area contributed by atoms with Crippen LogP contribution in [0.2, 0.25) is 5.02 Å². The number of anilines is 1. The van der Waals surface area contributed by atoms with Gasteiger partial charge in [0.2, 0.25) is 15.9 Å². The molecule has 0 spiro atoms. The van der Waals surface area contributed by atoms with Gasteiger partial charge in [-0.15, -0.1) is 0 Å². The normalized spacial score (nSPS) is 11.5. The molecule has 2 aromatic carbocycles. The van der Waals surface area contributed by atoms with Gasteiger partial charge in [0, 0.05) is 36.5 Å². The van der Waals surface area contributed by atoms with Gasteiger partial charge in [0.1, 0.15) is 5.75 Å². The number of sulfonamides is 1. The van der Waals surface area contributed by atoms with E-state index in [-0.39, 0.29) is 29.3 Å². The number of halogens is 1. The average Bonchev–Trinajstić information content (AvgIpc) is 3.28. The minimum Gasteiger partial charge on any atom is -0.495 e. The van der Waals surface area contributed by atoms with Crippen molar-refractivity contribution in [2.45, 2.75) is 31.6 Å². The third-order valence-corrected chi connectivity index (χ3v) is 7.33. The Labute approximate surface area is 198 Å². The van der Waals surface area contributed by atoms with Gasteiger partial charge in [0.15, 0.2) is 11.7 Å². The second-order valence-electron chi connectivity index (χ2n) is 7.12. The van der Waals surface area contributed by atoms with Gasteiger partial charge in [-0.3, -0.25) is 4.79 Å². The summed E-state index contributed by atoms with van der Waals surface area (Å²) in [4.78, 5) is 16.9. The zero-order chi connectivity index (χ0) is 24.0. The number of nitrogens with zero attached hydrogens (tertiary/aromatic N) is 2. The minimum absolute atomic E-state index is 0.0857. The van der Waals surface area contributed by atoms with E-state index in [4.69, 9.17) is 20.8 Å². The molecule has 176 valence electrons. The molecule has 8 nitrogen and oxygen atoms in total. The van der Waals surface area contributed by atoms with Crippen LogP contribution in [-0.4, -0.2) is 43.8 Å². The number of benzene rings is 2. The van der Waals surface area contributed by atoms with E-state index in [1.54, 1.807) is 32.2 Å². The number of amides is 1. The third kappa shape index (κ3) is 5.93. The molecule has 3 rings (SSSR count). The molecule has 0 radical (unpaired) electrons. The summed E-state index contributed by atoms with van der Waals surface area (Å²) in [6, 6.07) is 11.6. The van der Waals surface area contributed by atoms with Crippen LogP contribution in [0.15, 0.2) is 58.0 Å². The molecular weight excluding hydrogens is 466 g/mol. The minimum atomic E-state index is -3.67. The first-order valence-corrected chi connectivity index (χ1v) is 12.3. The Kier molecular flexibility index (Phi) is 8.12. The number of aromatic nitrogens is 1. The van der Waals surface area contributed by atoms with Crippen LogP contribution >= 0.6 is 11.6 Å². The van der Waals surface area contributed by atoms with Gasteiger partial charge in [0.05, 0.1) is 23.9 Å². The van der Waals surface area contributed by atoms with Gasteiger partial charge in [-0.2, -0.15) is 4.31 Å². The Morgan fingerprint density at radius 2 is 1.85 bits per heavy atom. The molecule has 0 bridgehead atoms. The van der Waals surface area contributed by atoms with Gasteiger partial charge in [-0.1, -0.05) is 25.4 Å². The fourth-order valence-electron chi connectivity index (χ4n) is 3.26. The fourth-order valence-corrected chi connectivity index (χ4v) is 4.88. The van der Waals surface area contributed by atoms with Crippen molar-refractivity contribution in [2.75, 3.05) is 25.5 Å². The fraction of sp³-hybridized carbons (Fsp3) is 0.304. The molecule has 33 heavy (non-hydrogen) atoms. The highest BCUT2D eigenvalue weighted by Crippen LogP contribution is 2.29. The number of aryl methyl sites for hydroxylation is 1. The topological polar surface area (TPSA) is 102 Å². The molecule has 0 saturated carbocycles. The van der Waals surface area contributed by atoms with Crippen LogP contribution in [-0.2, 0) is 21.2 Å². The van der Waals surface area contributed by atoms with Crippen LogP contribution in [0, 0.1) is 0 Å². The Morgan fingerprint density at radius 1 is 1.15 bits per heavy atom. The van der Waals surface area contributed by atoms with Gasteiger partial charge in [-0.25, -0.2) is 13.4 Å². The van der Waals surface area contributed by atoms with Crippen molar-refractivity contribution in [3.8, 4) is 17.1 Å². The molecule has 0 fully saturated rings. The van der Waals surface area contributed by atoms with E-state index in [1.165, 1.54) is 29.6 Å². The lowest BCUT2D eigenvalue weighted by Gasteiger charge is -2.19. The van der Waals surface area contributed by atoms with Crippen molar-refractivity contribution < 1.29 is 22.4 Å². The van der Waals surface area contributed by atoms with E-state index >= 15 is 0 Å². The number of carbonyl (C=O) groups excluding carboxylic acids is 1. The average molecular weight is 492 g/mol. The summed E-state index contributed by atoms with van der Waals surface area (Å²) < 4.78 is 38.0. The molecule has 0 atom stereocenters. The Hall–Kier alpha value is -2.88. The maximum atomic E-state index is 12.8. The van der Waals surface area contributed by atoms with Crippen LogP contribution in [0.4, 0.5) is 5.69 Å². The molecule has 1 amide bonds. The molecule has 0 aliphatic rings. The summed E-state index contributed by atoms with van der Waals surface area (Å²) in [6.45, 7) is 4.24. The zero-order valence-corrected chi connectivity index (χ0v) is 20.2. The highest BCUT2D eigenvalue weighted by molar-refractivity contribution is 7.89. The van der Waals surface area contributed by atoms with E-state index < -0.39 is 10.0 Å². The number of carbonyl (C=O) groups is 1. The second kappa shape index (κ2) is 10.8. The number of hydrogen-bond acceptors (Lipinski definition) is 6. The number of oxazole rings is 1. The monoisotopic (exact) mass is 491 g/mol. The summed E-state index contributed by atoms with van der Waals surface area (Å²) in [6.07, 6.45) is 1.97. The molecular formula is C23H26ClN3O5S.